The number of hydrogen-bond acceptors (Lipinski definition) is 3. The first-order valence-electron chi connectivity index (χ1n) is 8.51. The zero-order valence-electron chi connectivity index (χ0n) is 14.2. The molecule has 1 aromatic rings. The van der Waals surface area contributed by atoms with Crippen LogP contribution in [0.4, 0.5) is 11.4 Å². The molecule has 1 saturated heterocycles. The molecule has 5 heteroatoms. The first-order valence-corrected chi connectivity index (χ1v) is 8.51. The summed E-state index contributed by atoms with van der Waals surface area (Å²) in [6, 6.07) is 5.60. The molecule has 0 atom stereocenters. The number of carbonyl (C=O) groups excluding carboxylic acids is 2. The monoisotopic (exact) mass is 317 g/mol. The summed E-state index contributed by atoms with van der Waals surface area (Å²) in [7, 11) is 0. The molecule has 126 valence electrons. The molecule has 0 bridgehead atoms. The number of nitrogens with zero attached hydrogens (tertiary/aromatic N) is 1. The van der Waals surface area contributed by atoms with Gasteiger partial charge in [0.2, 0.25) is 11.8 Å². The lowest BCUT2D eigenvalue weighted by molar-refractivity contribution is -0.117. The lowest BCUT2D eigenvalue weighted by Crippen LogP contribution is -2.33. The zero-order chi connectivity index (χ0) is 16.7. The van der Waals surface area contributed by atoms with Crippen LogP contribution in [0.5, 0.6) is 0 Å². The Labute approximate surface area is 138 Å². The Morgan fingerprint density at radius 1 is 1.04 bits per heavy atom. The molecule has 1 heterocycles. The van der Waals surface area contributed by atoms with Crippen LogP contribution in [0.15, 0.2) is 18.2 Å². The summed E-state index contributed by atoms with van der Waals surface area (Å²) in [5.41, 5.74) is 2.46. The Morgan fingerprint density at radius 2 is 1.74 bits per heavy atom. The predicted octanol–water partition coefficient (Wildman–Crippen LogP) is 3.16. The molecule has 0 saturated carbocycles. The zero-order valence-corrected chi connectivity index (χ0v) is 14.2. The number of benzene rings is 1. The number of hydrogen-bond donors (Lipinski definition) is 2. The lowest BCUT2D eigenvalue weighted by Gasteiger charge is -2.19. The van der Waals surface area contributed by atoms with Crippen molar-refractivity contribution in [3.8, 4) is 0 Å². The predicted molar refractivity (Wildman–Crippen MR) is 93.6 cm³/mol. The Balaban J connectivity index is 1.94. The number of aryl methyl sites for hydroxylation is 1. The van der Waals surface area contributed by atoms with Gasteiger partial charge in [-0.2, -0.15) is 0 Å². The number of rotatable bonds is 5. The van der Waals surface area contributed by atoms with Gasteiger partial charge >= 0.3 is 0 Å². The van der Waals surface area contributed by atoms with Crippen molar-refractivity contribution < 1.29 is 9.59 Å². The SMILES string of the molecule is CCC(=O)Nc1cc(NC(=O)CN2CCCCCC2)ccc1C. The highest BCUT2D eigenvalue weighted by molar-refractivity contribution is 5.95. The van der Waals surface area contributed by atoms with E-state index in [2.05, 4.69) is 15.5 Å². The molecule has 0 radical (unpaired) electrons. The normalized spacial score (nSPS) is 15.7. The molecule has 2 amide bonds. The molecule has 2 rings (SSSR count). The molecule has 1 aliphatic heterocycles. The minimum Gasteiger partial charge on any atom is -0.326 e. The minimum absolute atomic E-state index is 0.00326. The maximum Gasteiger partial charge on any atom is 0.238 e. The van der Waals surface area contributed by atoms with Crippen LogP contribution in [0.1, 0.15) is 44.6 Å². The Morgan fingerprint density at radius 3 is 2.39 bits per heavy atom. The highest BCUT2D eigenvalue weighted by atomic mass is 16.2. The minimum atomic E-state index is -0.0267. The van der Waals surface area contributed by atoms with Crippen molar-refractivity contribution in [2.75, 3.05) is 30.3 Å². The maximum absolute atomic E-state index is 12.2. The average molecular weight is 317 g/mol. The van der Waals surface area contributed by atoms with Gasteiger partial charge in [0.05, 0.1) is 6.54 Å². The summed E-state index contributed by atoms with van der Waals surface area (Å²) < 4.78 is 0. The summed E-state index contributed by atoms with van der Waals surface area (Å²) in [6.07, 6.45) is 5.30. The highest BCUT2D eigenvalue weighted by Crippen LogP contribution is 2.20. The molecule has 2 N–H and O–H groups in total. The lowest BCUT2D eigenvalue weighted by atomic mass is 10.1. The van der Waals surface area contributed by atoms with Crippen LogP contribution >= 0.6 is 0 Å². The standard InChI is InChI=1S/C18H27N3O2/c1-3-17(22)20-16-12-15(9-8-14(16)2)19-18(23)13-21-10-6-4-5-7-11-21/h8-9,12H,3-7,10-11,13H2,1-2H3,(H,19,23)(H,20,22). The average Bonchev–Trinajstić information content (AvgIpc) is 2.79. The summed E-state index contributed by atoms with van der Waals surface area (Å²) in [5.74, 6) is -0.0235. The van der Waals surface area contributed by atoms with Crippen molar-refractivity contribution >= 4 is 23.2 Å². The molecule has 5 nitrogen and oxygen atoms in total. The van der Waals surface area contributed by atoms with Gasteiger partial charge in [-0.15, -0.1) is 0 Å². The van der Waals surface area contributed by atoms with E-state index >= 15 is 0 Å². The number of likely N-dealkylation sites (tertiary alicyclic amines) is 1. The van der Waals surface area contributed by atoms with Crippen LogP contribution in [0.3, 0.4) is 0 Å². The summed E-state index contributed by atoms with van der Waals surface area (Å²) in [4.78, 5) is 26.0. The van der Waals surface area contributed by atoms with E-state index in [0.29, 0.717) is 13.0 Å². The van der Waals surface area contributed by atoms with Crippen LogP contribution < -0.4 is 10.6 Å². The van der Waals surface area contributed by atoms with E-state index in [1.165, 1.54) is 25.7 Å². The molecular weight excluding hydrogens is 290 g/mol. The van der Waals surface area contributed by atoms with Gasteiger partial charge in [-0.3, -0.25) is 14.5 Å². The van der Waals surface area contributed by atoms with E-state index in [0.717, 1.165) is 30.0 Å². The van der Waals surface area contributed by atoms with Crippen molar-refractivity contribution in [3.63, 3.8) is 0 Å². The van der Waals surface area contributed by atoms with Gasteiger partial charge in [-0.05, 0) is 50.6 Å². The van der Waals surface area contributed by atoms with Crippen LogP contribution in [0.25, 0.3) is 0 Å². The fourth-order valence-electron chi connectivity index (χ4n) is 2.77. The molecule has 0 aliphatic carbocycles. The molecule has 1 aromatic carbocycles. The second-order valence-electron chi connectivity index (χ2n) is 6.17. The van der Waals surface area contributed by atoms with Gasteiger partial charge in [-0.1, -0.05) is 25.8 Å². The molecule has 0 spiro atoms. The number of amides is 2. The number of nitrogens with one attached hydrogen (secondary N) is 2. The molecule has 0 unspecified atom stereocenters. The maximum atomic E-state index is 12.2. The van der Waals surface area contributed by atoms with Crippen LogP contribution in [0.2, 0.25) is 0 Å². The van der Waals surface area contributed by atoms with Crippen molar-refractivity contribution in [2.45, 2.75) is 46.0 Å². The first-order chi connectivity index (χ1) is 11.1. The summed E-state index contributed by atoms with van der Waals surface area (Å²) in [5, 5.41) is 5.80. The van der Waals surface area contributed by atoms with E-state index in [9.17, 15) is 9.59 Å². The molecule has 1 fully saturated rings. The van der Waals surface area contributed by atoms with Gasteiger partial charge in [0.25, 0.3) is 0 Å². The highest BCUT2D eigenvalue weighted by Gasteiger charge is 2.13. The summed E-state index contributed by atoms with van der Waals surface area (Å²) in [6.45, 7) is 6.19. The van der Waals surface area contributed by atoms with E-state index in [1.807, 2.05) is 32.0 Å². The van der Waals surface area contributed by atoms with E-state index < -0.39 is 0 Å². The third-order valence-corrected chi connectivity index (χ3v) is 4.18. The summed E-state index contributed by atoms with van der Waals surface area (Å²) >= 11 is 0. The third kappa shape index (κ3) is 5.67. The van der Waals surface area contributed by atoms with Crippen LogP contribution in [-0.4, -0.2) is 36.3 Å². The van der Waals surface area contributed by atoms with E-state index in [1.54, 1.807) is 0 Å². The van der Waals surface area contributed by atoms with Crippen molar-refractivity contribution in [1.82, 2.24) is 4.90 Å². The molecule has 23 heavy (non-hydrogen) atoms. The first kappa shape index (κ1) is 17.5. The van der Waals surface area contributed by atoms with Crippen molar-refractivity contribution in [3.05, 3.63) is 23.8 Å². The third-order valence-electron chi connectivity index (χ3n) is 4.18. The van der Waals surface area contributed by atoms with Crippen molar-refractivity contribution in [1.29, 1.82) is 0 Å². The second-order valence-corrected chi connectivity index (χ2v) is 6.17. The molecular formula is C18H27N3O2. The fourth-order valence-corrected chi connectivity index (χ4v) is 2.77. The van der Waals surface area contributed by atoms with E-state index in [-0.39, 0.29) is 11.8 Å². The van der Waals surface area contributed by atoms with Gasteiger partial charge < -0.3 is 10.6 Å². The second kappa shape index (κ2) is 8.67. The van der Waals surface area contributed by atoms with E-state index in [4.69, 9.17) is 0 Å². The van der Waals surface area contributed by atoms with Gasteiger partial charge in [0.1, 0.15) is 0 Å². The van der Waals surface area contributed by atoms with Crippen LogP contribution in [0, 0.1) is 6.92 Å². The van der Waals surface area contributed by atoms with Gasteiger partial charge in [0.15, 0.2) is 0 Å². The Hall–Kier alpha value is -1.88. The fraction of sp³-hybridized carbons (Fsp3) is 0.556. The Bertz CT molecular complexity index is 549. The smallest absolute Gasteiger partial charge is 0.238 e. The topological polar surface area (TPSA) is 61.4 Å². The quantitative estimate of drug-likeness (QED) is 0.877. The largest absolute Gasteiger partial charge is 0.326 e. The molecule has 0 aromatic heterocycles. The number of carbonyl (C=O) groups is 2. The van der Waals surface area contributed by atoms with Crippen LogP contribution in [-0.2, 0) is 9.59 Å². The van der Waals surface area contributed by atoms with Crippen molar-refractivity contribution in [2.24, 2.45) is 0 Å². The Kier molecular flexibility index (Phi) is 6.59. The van der Waals surface area contributed by atoms with Gasteiger partial charge in [-0.25, -0.2) is 0 Å². The van der Waals surface area contributed by atoms with Gasteiger partial charge in [0, 0.05) is 17.8 Å². The molecule has 1 aliphatic rings. The number of anilines is 2.